The Labute approximate surface area is 275 Å². The van der Waals surface area contributed by atoms with E-state index in [4.69, 9.17) is 9.40 Å². The van der Waals surface area contributed by atoms with Crippen LogP contribution in [0.2, 0.25) is 0 Å². The van der Waals surface area contributed by atoms with Crippen LogP contribution in [0.15, 0.2) is 162 Å². The number of anilines is 3. The van der Waals surface area contributed by atoms with Crippen LogP contribution in [0, 0.1) is 0 Å². The molecule has 47 heavy (non-hydrogen) atoms. The fourth-order valence-corrected chi connectivity index (χ4v) is 8.15. The highest BCUT2D eigenvalue weighted by Gasteiger charge is 2.29. The maximum atomic E-state index is 6.58. The van der Waals surface area contributed by atoms with E-state index in [2.05, 4.69) is 132 Å². The number of fused-ring (bicyclic) bond motifs is 6. The van der Waals surface area contributed by atoms with E-state index in [9.17, 15) is 0 Å². The van der Waals surface area contributed by atoms with E-state index in [0.717, 1.165) is 50.6 Å². The van der Waals surface area contributed by atoms with Crippen molar-refractivity contribution in [1.82, 2.24) is 4.98 Å². The van der Waals surface area contributed by atoms with E-state index >= 15 is 0 Å². The second-order valence-corrected chi connectivity index (χ2v) is 13.1. The van der Waals surface area contributed by atoms with Gasteiger partial charge < -0.3 is 9.32 Å². The molecule has 0 spiro atoms. The Hall–Kier alpha value is -5.97. The molecular formula is C43H26N2OS. The van der Waals surface area contributed by atoms with Gasteiger partial charge in [-0.15, -0.1) is 11.3 Å². The van der Waals surface area contributed by atoms with Crippen LogP contribution in [0.25, 0.3) is 76.1 Å². The topological polar surface area (TPSA) is 29.3 Å². The number of hydrogen-bond donors (Lipinski definition) is 0. The molecule has 0 radical (unpaired) electrons. The summed E-state index contributed by atoms with van der Waals surface area (Å²) in [5.41, 5.74) is 9.70. The molecule has 220 valence electrons. The first-order chi connectivity index (χ1) is 23.3. The Bertz CT molecular complexity index is 2640. The van der Waals surface area contributed by atoms with Crippen LogP contribution in [0.4, 0.5) is 17.1 Å². The molecule has 10 rings (SSSR count). The third-order valence-corrected chi connectivity index (χ3v) is 10.3. The Kier molecular flexibility index (Phi) is 5.74. The maximum absolute atomic E-state index is 6.58. The van der Waals surface area contributed by atoms with Crippen molar-refractivity contribution < 1.29 is 4.42 Å². The van der Waals surface area contributed by atoms with E-state index in [1.54, 1.807) is 0 Å². The first-order valence-electron chi connectivity index (χ1n) is 15.8. The number of hydrogen-bond acceptors (Lipinski definition) is 4. The van der Waals surface area contributed by atoms with Gasteiger partial charge in [-0.05, 0) is 77.2 Å². The Morgan fingerprint density at radius 1 is 0.489 bits per heavy atom. The van der Waals surface area contributed by atoms with Crippen LogP contribution in [-0.4, -0.2) is 4.98 Å². The van der Waals surface area contributed by atoms with E-state index in [1.807, 2.05) is 41.7 Å². The van der Waals surface area contributed by atoms with Gasteiger partial charge in [-0.25, -0.2) is 4.98 Å². The predicted octanol–water partition coefficient (Wildman–Crippen LogP) is 12.6. The molecule has 2 aromatic heterocycles. The molecule has 0 aliphatic heterocycles. The molecule has 3 nitrogen and oxygen atoms in total. The predicted molar refractivity (Wildman–Crippen MR) is 197 cm³/mol. The van der Waals surface area contributed by atoms with Gasteiger partial charge in [0.15, 0.2) is 5.76 Å². The molecule has 1 aliphatic carbocycles. The van der Waals surface area contributed by atoms with Crippen LogP contribution in [0.3, 0.4) is 0 Å². The largest absolute Gasteiger partial charge is 0.435 e. The molecule has 9 aromatic rings. The fourth-order valence-electron chi connectivity index (χ4n) is 7.06. The van der Waals surface area contributed by atoms with Gasteiger partial charge >= 0.3 is 0 Å². The highest BCUT2D eigenvalue weighted by atomic mass is 32.1. The van der Waals surface area contributed by atoms with E-state index in [1.165, 1.54) is 36.7 Å². The quantitative estimate of drug-likeness (QED) is 0.192. The van der Waals surface area contributed by atoms with Crippen LogP contribution in [0.1, 0.15) is 0 Å². The van der Waals surface area contributed by atoms with Crippen molar-refractivity contribution in [2.75, 3.05) is 4.90 Å². The Morgan fingerprint density at radius 3 is 2.09 bits per heavy atom. The molecule has 0 amide bonds. The zero-order valence-electron chi connectivity index (χ0n) is 25.2. The third-order valence-electron chi connectivity index (χ3n) is 9.20. The molecule has 4 heteroatoms. The van der Waals surface area contributed by atoms with Gasteiger partial charge in [0.05, 0.1) is 0 Å². The van der Waals surface area contributed by atoms with Gasteiger partial charge in [0, 0.05) is 59.3 Å². The lowest BCUT2D eigenvalue weighted by Gasteiger charge is -2.27. The lowest BCUT2D eigenvalue weighted by Crippen LogP contribution is -2.10. The third kappa shape index (κ3) is 4.16. The van der Waals surface area contributed by atoms with E-state index < -0.39 is 0 Å². The summed E-state index contributed by atoms with van der Waals surface area (Å²) in [7, 11) is 0. The van der Waals surface area contributed by atoms with Crippen LogP contribution < -0.4 is 4.90 Å². The fraction of sp³-hybridized carbons (Fsp3) is 0. The molecule has 0 N–H and O–H groups in total. The summed E-state index contributed by atoms with van der Waals surface area (Å²) in [6.07, 6.45) is 0. The van der Waals surface area contributed by atoms with Gasteiger partial charge in [0.2, 0.25) is 5.89 Å². The summed E-state index contributed by atoms with van der Waals surface area (Å²) in [6.45, 7) is 0. The molecular weight excluding hydrogens is 593 g/mol. The summed E-state index contributed by atoms with van der Waals surface area (Å²) < 4.78 is 9.16. The Morgan fingerprint density at radius 2 is 1.21 bits per heavy atom. The van der Waals surface area contributed by atoms with Crippen molar-refractivity contribution in [2.24, 2.45) is 0 Å². The number of benzene rings is 7. The lowest BCUT2D eigenvalue weighted by atomic mass is 10.0. The van der Waals surface area contributed by atoms with Crippen LogP contribution >= 0.6 is 11.3 Å². The minimum Gasteiger partial charge on any atom is -0.435 e. The van der Waals surface area contributed by atoms with Crippen molar-refractivity contribution >= 4 is 59.3 Å². The number of aromatic nitrogens is 1. The van der Waals surface area contributed by atoms with E-state index in [-0.39, 0.29) is 0 Å². The molecule has 7 aromatic carbocycles. The molecule has 1 aliphatic rings. The van der Waals surface area contributed by atoms with Gasteiger partial charge in [-0.2, -0.15) is 0 Å². The molecule has 2 heterocycles. The molecule has 0 saturated carbocycles. The minimum absolute atomic E-state index is 0.644. The second-order valence-electron chi connectivity index (χ2n) is 12.0. The number of oxazole rings is 1. The summed E-state index contributed by atoms with van der Waals surface area (Å²) in [6, 6.07) is 56.2. The summed E-state index contributed by atoms with van der Waals surface area (Å²) in [4.78, 5) is 7.40. The summed E-state index contributed by atoms with van der Waals surface area (Å²) in [5.74, 6) is 1.47. The molecule has 0 unspecified atom stereocenters. The highest BCUT2D eigenvalue weighted by Crippen LogP contribution is 2.51. The van der Waals surface area contributed by atoms with Crippen molar-refractivity contribution in [3.63, 3.8) is 0 Å². The van der Waals surface area contributed by atoms with Gasteiger partial charge in [-0.3, -0.25) is 0 Å². The van der Waals surface area contributed by atoms with Crippen molar-refractivity contribution in [3.8, 4) is 45.2 Å². The average molecular weight is 619 g/mol. The van der Waals surface area contributed by atoms with Crippen molar-refractivity contribution in [1.29, 1.82) is 0 Å². The van der Waals surface area contributed by atoms with Gasteiger partial charge in [0.1, 0.15) is 5.69 Å². The smallest absolute Gasteiger partial charge is 0.227 e. The number of rotatable bonds is 5. The van der Waals surface area contributed by atoms with Crippen LogP contribution in [0.5, 0.6) is 0 Å². The molecule has 0 bridgehead atoms. The minimum atomic E-state index is 0.644. The number of nitrogens with zero attached hydrogens (tertiary/aromatic N) is 2. The van der Waals surface area contributed by atoms with Crippen LogP contribution in [-0.2, 0) is 0 Å². The van der Waals surface area contributed by atoms with Gasteiger partial charge in [0.25, 0.3) is 0 Å². The van der Waals surface area contributed by atoms with E-state index in [0.29, 0.717) is 5.89 Å². The average Bonchev–Trinajstić information content (AvgIpc) is 3.82. The van der Waals surface area contributed by atoms with Crippen molar-refractivity contribution in [2.45, 2.75) is 0 Å². The first kappa shape index (κ1) is 26.3. The molecule has 0 saturated heterocycles. The normalized spacial score (nSPS) is 11.8. The highest BCUT2D eigenvalue weighted by molar-refractivity contribution is 7.25. The monoisotopic (exact) mass is 618 g/mol. The second kappa shape index (κ2) is 10.3. The first-order valence-corrected chi connectivity index (χ1v) is 16.6. The lowest BCUT2D eigenvalue weighted by molar-refractivity contribution is 0.590. The summed E-state index contributed by atoms with van der Waals surface area (Å²) >= 11 is 1.84. The molecule has 0 fully saturated rings. The molecule has 0 atom stereocenters. The zero-order chi connectivity index (χ0) is 30.9. The standard InChI is InChI=1S/C43H26N2OS/c1-3-11-27(12-4-1)29-15-9-17-31(23-29)45(32-21-22-39-36(25-32)34-18-7-8-20-38(34)47-39)33-24-30-16-10-19-35-40(30)37(26-33)42-41(35)44-43(46-42)28-13-5-2-6-14-28/h1-26H. The number of thiophene rings is 1. The SMILES string of the molecule is c1ccc(-c2cccc(N(c3cc4c5c(cccc5c3)-c3nc(-c5ccccc5)oc3-4)c3ccc4sc5ccccc5c4c3)c2)cc1. The zero-order valence-corrected chi connectivity index (χ0v) is 26.0. The maximum Gasteiger partial charge on any atom is 0.227 e. The Balaban J connectivity index is 1.21. The van der Waals surface area contributed by atoms with Crippen molar-refractivity contribution in [3.05, 3.63) is 158 Å². The van der Waals surface area contributed by atoms with Gasteiger partial charge in [-0.1, -0.05) is 97.1 Å². The summed E-state index contributed by atoms with van der Waals surface area (Å²) in [5, 5.41) is 4.91.